The Morgan fingerprint density at radius 2 is 2.06 bits per heavy atom. The van der Waals surface area contributed by atoms with E-state index >= 15 is 0 Å². The largest absolute Gasteiger partial charge is 0.508 e. The van der Waals surface area contributed by atoms with Gasteiger partial charge in [-0.2, -0.15) is 0 Å². The Balaban J connectivity index is 1.65. The third-order valence-corrected chi connectivity index (χ3v) is 7.29. The fourth-order valence-corrected chi connectivity index (χ4v) is 5.62. The Kier molecular flexibility index (Phi) is 5.45. The first-order valence-corrected chi connectivity index (χ1v) is 12.1. The maximum absolute atomic E-state index is 13.7. The van der Waals surface area contributed by atoms with Gasteiger partial charge in [0.25, 0.3) is 5.91 Å². The van der Waals surface area contributed by atoms with Crippen LogP contribution in [0.25, 0.3) is 10.9 Å². The molecule has 0 radical (unpaired) electrons. The molecular formula is C25H27BrN4O3. The molecule has 3 amide bonds. The first kappa shape index (κ1) is 22.0. The minimum atomic E-state index is -1.00. The minimum absolute atomic E-state index is 0.126. The summed E-state index contributed by atoms with van der Waals surface area (Å²) in [6.45, 7) is 5.88. The van der Waals surface area contributed by atoms with Crippen molar-refractivity contribution >= 4 is 38.8 Å². The molecule has 5 rings (SSSR count). The van der Waals surface area contributed by atoms with Gasteiger partial charge in [0.1, 0.15) is 17.3 Å². The average Bonchev–Trinajstić information content (AvgIpc) is 3.22. The second-order valence-corrected chi connectivity index (χ2v) is 9.89. The summed E-state index contributed by atoms with van der Waals surface area (Å²) in [5.74, 6) is -0.0372. The van der Waals surface area contributed by atoms with Crippen molar-refractivity contribution in [3.8, 4) is 5.75 Å². The third-order valence-electron chi connectivity index (χ3n) is 6.80. The van der Waals surface area contributed by atoms with Gasteiger partial charge in [0.15, 0.2) is 0 Å². The zero-order valence-corrected chi connectivity index (χ0v) is 20.3. The van der Waals surface area contributed by atoms with Crippen LogP contribution in [-0.2, 0) is 11.2 Å². The molecule has 0 aliphatic carbocycles. The molecule has 33 heavy (non-hydrogen) atoms. The molecule has 2 atom stereocenters. The molecule has 2 aliphatic heterocycles. The van der Waals surface area contributed by atoms with Gasteiger partial charge < -0.3 is 15.4 Å². The molecular weight excluding hydrogens is 484 g/mol. The van der Waals surface area contributed by atoms with Crippen molar-refractivity contribution in [1.29, 1.82) is 0 Å². The van der Waals surface area contributed by atoms with E-state index in [2.05, 4.69) is 32.3 Å². The Labute approximate surface area is 200 Å². The van der Waals surface area contributed by atoms with E-state index in [9.17, 15) is 14.7 Å². The van der Waals surface area contributed by atoms with E-state index in [1.807, 2.05) is 32.0 Å². The minimum Gasteiger partial charge on any atom is -0.508 e. The second-order valence-electron chi connectivity index (χ2n) is 8.97. The van der Waals surface area contributed by atoms with Gasteiger partial charge in [-0.1, -0.05) is 35.0 Å². The van der Waals surface area contributed by atoms with Crippen LogP contribution in [0.3, 0.4) is 0 Å². The van der Waals surface area contributed by atoms with Gasteiger partial charge in [-0.3, -0.25) is 14.6 Å². The van der Waals surface area contributed by atoms with Crippen LogP contribution in [0.2, 0.25) is 0 Å². The number of rotatable bonds is 6. The number of aromatic nitrogens is 1. The predicted octanol–water partition coefficient (Wildman–Crippen LogP) is 4.30. The zero-order chi connectivity index (χ0) is 23.3. The first-order valence-electron chi connectivity index (χ1n) is 11.3. The monoisotopic (exact) mass is 510 g/mol. The summed E-state index contributed by atoms with van der Waals surface area (Å²) in [7, 11) is 0. The standard InChI is InChI=1S/C25H27BrN4O3/c1-3-27-10-5-11-29-23(32)25(2)14-19-18-13-16(26)8-9-20(18)28-21(19)22(30(25)24(29)33)15-6-4-7-17(31)12-15/h4,6-9,12-13,22,27-28,31H,3,5,10-11,14H2,1-2H3. The van der Waals surface area contributed by atoms with Crippen LogP contribution >= 0.6 is 15.9 Å². The number of phenols is 1. The molecule has 1 fully saturated rings. The molecule has 1 saturated heterocycles. The molecule has 3 aromatic rings. The summed E-state index contributed by atoms with van der Waals surface area (Å²) < 4.78 is 0.956. The zero-order valence-electron chi connectivity index (χ0n) is 18.7. The number of hydrogen-bond acceptors (Lipinski definition) is 4. The van der Waals surface area contributed by atoms with Gasteiger partial charge in [0.05, 0.1) is 0 Å². The molecule has 0 bridgehead atoms. The fourth-order valence-electron chi connectivity index (χ4n) is 5.26. The van der Waals surface area contributed by atoms with Crippen molar-refractivity contribution < 1.29 is 14.7 Å². The normalized spacial score (nSPS) is 22.2. The van der Waals surface area contributed by atoms with Gasteiger partial charge in [-0.05, 0) is 67.9 Å². The van der Waals surface area contributed by atoms with Crippen molar-refractivity contribution in [1.82, 2.24) is 20.1 Å². The molecule has 7 nitrogen and oxygen atoms in total. The van der Waals surface area contributed by atoms with Crippen LogP contribution in [0.5, 0.6) is 5.75 Å². The van der Waals surface area contributed by atoms with Crippen molar-refractivity contribution in [2.24, 2.45) is 0 Å². The number of hydrogen-bond donors (Lipinski definition) is 3. The molecule has 2 aliphatic rings. The van der Waals surface area contributed by atoms with Crippen molar-refractivity contribution in [3.63, 3.8) is 0 Å². The van der Waals surface area contributed by atoms with E-state index in [1.165, 1.54) is 4.90 Å². The van der Waals surface area contributed by atoms with Crippen LogP contribution in [0.4, 0.5) is 4.79 Å². The number of nitrogens with one attached hydrogen (secondary N) is 2. The van der Waals surface area contributed by atoms with E-state index in [0.29, 0.717) is 19.4 Å². The molecule has 3 N–H and O–H groups in total. The Hall–Kier alpha value is -2.84. The van der Waals surface area contributed by atoms with Gasteiger partial charge in [0.2, 0.25) is 0 Å². The smallest absolute Gasteiger partial charge is 0.328 e. The van der Waals surface area contributed by atoms with Gasteiger partial charge in [-0.25, -0.2) is 4.79 Å². The summed E-state index contributed by atoms with van der Waals surface area (Å²) >= 11 is 3.56. The summed E-state index contributed by atoms with van der Waals surface area (Å²) in [5.41, 5.74) is 2.65. The van der Waals surface area contributed by atoms with Crippen molar-refractivity contribution in [3.05, 3.63) is 63.8 Å². The highest BCUT2D eigenvalue weighted by Gasteiger charge is 2.60. The molecule has 172 valence electrons. The highest BCUT2D eigenvalue weighted by Crippen LogP contribution is 2.49. The summed E-state index contributed by atoms with van der Waals surface area (Å²) in [4.78, 5) is 34.0. The lowest BCUT2D eigenvalue weighted by Crippen LogP contribution is -2.53. The number of H-pyrrole nitrogens is 1. The maximum atomic E-state index is 13.7. The number of benzene rings is 2. The lowest BCUT2D eigenvalue weighted by atomic mass is 9.81. The number of aromatic hydroxyl groups is 1. The van der Waals surface area contributed by atoms with E-state index in [4.69, 9.17) is 0 Å². The highest BCUT2D eigenvalue weighted by atomic mass is 79.9. The van der Waals surface area contributed by atoms with E-state index in [-0.39, 0.29) is 17.7 Å². The molecule has 2 unspecified atom stereocenters. The number of phenolic OH excluding ortho intramolecular Hbond substituents is 1. The van der Waals surface area contributed by atoms with Gasteiger partial charge in [-0.15, -0.1) is 0 Å². The number of halogens is 1. The maximum Gasteiger partial charge on any atom is 0.328 e. The highest BCUT2D eigenvalue weighted by molar-refractivity contribution is 9.10. The summed E-state index contributed by atoms with van der Waals surface area (Å²) in [6, 6.07) is 12.2. The molecule has 8 heteroatoms. The van der Waals surface area contributed by atoms with Crippen molar-refractivity contribution in [2.45, 2.75) is 38.3 Å². The number of imide groups is 1. The van der Waals surface area contributed by atoms with Crippen LogP contribution in [0.1, 0.15) is 43.1 Å². The SMILES string of the molecule is CCNCCCN1C(=O)N2C(c3cccc(O)c3)c3[nH]c4ccc(Br)cc4c3CC2(C)C1=O. The number of fused-ring (bicyclic) bond motifs is 4. The number of urea groups is 1. The van der Waals surface area contributed by atoms with E-state index < -0.39 is 11.6 Å². The Morgan fingerprint density at radius 1 is 1.24 bits per heavy atom. The van der Waals surface area contributed by atoms with Gasteiger partial charge in [0, 0.05) is 34.0 Å². The van der Waals surface area contributed by atoms with Crippen LogP contribution in [0, 0.1) is 0 Å². The molecule has 0 saturated carbocycles. The summed E-state index contributed by atoms with van der Waals surface area (Å²) in [6.07, 6.45) is 1.13. The Morgan fingerprint density at radius 3 is 2.82 bits per heavy atom. The average molecular weight is 511 g/mol. The number of carbonyl (C=O) groups is 2. The lowest BCUT2D eigenvalue weighted by molar-refractivity contribution is -0.133. The summed E-state index contributed by atoms with van der Waals surface area (Å²) in [5, 5.41) is 14.5. The number of amides is 3. The van der Waals surface area contributed by atoms with Crippen LogP contribution in [-0.4, -0.2) is 57.0 Å². The number of carbonyl (C=O) groups excluding carboxylic acids is 2. The fraction of sp³-hybridized carbons (Fsp3) is 0.360. The first-order chi connectivity index (χ1) is 15.8. The second kappa shape index (κ2) is 8.18. The third kappa shape index (κ3) is 3.43. The number of aromatic amines is 1. The van der Waals surface area contributed by atoms with E-state index in [0.717, 1.165) is 45.3 Å². The number of nitrogens with zero attached hydrogens (tertiary/aromatic N) is 2. The topological polar surface area (TPSA) is 88.7 Å². The molecule has 3 heterocycles. The van der Waals surface area contributed by atoms with Crippen molar-refractivity contribution in [2.75, 3.05) is 19.6 Å². The van der Waals surface area contributed by atoms with E-state index in [1.54, 1.807) is 23.1 Å². The van der Waals surface area contributed by atoms with Crippen LogP contribution in [0.15, 0.2) is 46.9 Å². The predicted molar refractivity (Wildman–Crippen MR) is 130 cm³/mol. The molecule has 0 spiro atoms. The molecule has 1 aromatic heterocycles. The van der Waals surface area contributed by atoms with Crippen LogP contribution < -0.4 is 5.32 Å². The lowest BCUT2D eigenvalue weighted by Gasteiger charge is -2.42. The Bertz CT molecular complexity index is 1260. The van der Waals surface area contributed by atoms with Gasteiger partial charge >= 0.3 is 6.03 Å². The quantitative estimate of drug-likeness (QED) is 0.340. The molecule has 2 aromatic carbocycles.